The molecule has 0 amide bonds. The van der Waals surface area contributed by atoms with E-state index >= 15 is 0 Å². The fraction of sp³-hybridized carbons (Fsp3) is 0.600. The highest BCUT2D eigenvalue weighted by atomic mass is 16.7. The third-order valence-corrected chi connectivity index (χ3v) is 3.95. The van der Waals surface area contributed by atoms with Crippen LogP contribution in [0, 0.1) is 0 Å². The molecule has 0 saturated carbocycles. The number of benzene rings is 1. The van der Waals surface area contributed by atoms with Crippen molar-refractivity contribution in [1.29, 1.82) is 0 Å². The minimum atomic E-state index is -1.17. The fourth-order valence-corrected chi connectivity index (χ4v) is 2.70. The summed E-state index contributed by atoms with van der Waals surface area (Å²) in [6, 6.07) is 7.26. The molecule has 0 aliphatic carbocycles. The van der Waals surface area contributed by atoms with Crippen molar-refractivity contribution < 1.29 is 33.9 Å². The molecule has 3 rings (SSSR count). The summed E-state index contributed by atoms with van der Waals surface area (Å²) in [4.78, 5) is 0. The first kappa shape index (κ1) is 15.7. The molecule has 2 fully saturated rings. The van der Waals surface area contributed by atoms with Gasteiger partial charge in [0.05, 0.1) is 13.7 Å². The molecule has 1 aromatic rings. The summed E-state index contributed by atoms with van der Waals surface area (Å²) < 4.78 is 27.1. The maximum absolute atomic E-state index is 10.2. The third kappa shape index (κ3) is 2.83. The number of fused-ring (bicyclic) bond motifs is 1. The minimum Gasteiger partial charge on any atom is -0.497 e. The van der Waals surface area contributed by atoms with Gasteiger partial charge in [0, 0.05) is 12.7 Å². The second-order valence-corrected chi connectivity index (χ2v) is 5.30. The molecule has 6 unspecified atom stereocenters. The SMILES string of the molecule is COc1ccc(C2OCC3OC(OC)C(O)C(O)C3O2)cc1. The Morgan fingerprint density at radius 2 is 1.77 bits per heavy atom. The van der Waals surface area contributed by atoms with Gasteiger partial charge in [0.25, 0.3) is 0 Å². The highest BCUT2D eigenvalue weighted by molar-refractivity contribution is 5.28. The van der Waals surface area contributed by atoms with E-state index in [9.17, 15) is 10.2 Å². The van der Waals surface area contributed by atoms with Crippen LogP contribution in [0.4, 0.5) is 0 Å². The Balaban J connectivity index is 1.72. The van der Waals surface area contributed by atoms with E-state index in [1.54, 1.807) is 19.2 Å². The zero-order valence-corrected chi connectivity index (χ0v) is 12.4. The second kappa shape index (κ2) is 6.49. The molecule has 0 aromatic heterocycles. The quantitative estimate of drug-likeness (QED) is 0.824. The molecular formula is C15H20O7. The molecule has 7 heteroatoms. The van der Waals surface area contributed by atoms with E-state index in [4.69, 9.17) is 23.7 Å². The fourth-order valence-electron chi connectivity index (χ4n) is 2.70. The zero-order chi connectivity index (χ0) is 15.7. The molecule has 22 heavy (non-hydrogen) atoms. The van der Waals surface area contributed by atoms with Gasteiger partial charge in [0.15, 0.2) is 12.6 Å². The van der Waals surface area contributed by atoms with E-state index in [1.165, 1.54) is 7.11 Å². The molecule has 122 valence electrons. The van der Waals surface area contributed by atoms with E-state index in [0.29, 0.717) is 0 Å². The van der Waals surface area contributed by atoms with Crippen LogP contribution < -0.4 is 4.74 Å². The Hall–Kier alpha value is -1.22. The molecule has 2 aliphatic heterocycles. The molecule has 2 N–H and O–H groups in total. The van der Waals surface area contributed by atoms with Crippen molar-refractivity contribution in [3.8, 4) is 5.75 Å². The van der Waals surface area contributed by atoms with Gasteiger partial charge in [-0.05, 0) is 12.1 Å². The Morgan fingerprint density at radius 1 is 1.05 bits per heavy atom. The Kier molecular flexibility index (Phi) is 4.62. The number of methoxy groups -OCH3 is 2. The van der Waals surface area contributed by atoms with E-state index in [1.807, 2.05) is 12.1 Å². The summed E-state index contributed by atoms with van der Waals surface area (Å²) in [5.74, 6) is 0.733. The summed E-state index contributed by atoms with van der Waals surface area (Å²) in [6.07, 6.45) is -4.95. The van der Waals surface area contributed by atoms with Gasteiger partial charge >= 0.3 is 0 Å². The van der Waals surface area contributed by atoms with Crippen molar-refractivity contribution >= 4 is 0 Å². The number of hydrogen-bond acceptors (Lipinski definition) is 7. The van der Waals surface area contributed by atoms with Gasteiger partial charge in [-0.15, -0.1) is 0 Å². The maximum atomic E-state index is 10.2. The maximum Gasteiger partial charge on any atom is 0.186 e. The molecular weight excluding hydrogens is 292 g/mol. The second-order valence-electron chi connectivity index (χ2n) is 5.30. The lowest BCUT2D eigenvalue weighted by molar-refractivity contribution is -0.358. The highest BCUT2D eigenvalue weighted by Gasteiger charge is 2.48. The normalized spacial score (nSPS) is 38.4. The summed E-state index contributed by atoms with van der Waals surface area (Å²) in [7, 11) is 3.00. The first-order chi connectivity index (χ1) is 10.6. The van der Waals surface area contributed by atoms with Gasteiger partial charge in [-0.2, -0.15) is 0 Å². The molecule has 2 heterocycles. The monoisotopic (exact) mass is 312 g/mol. The van der Waals surface area contributed by atoms with Crippen LogP contribution in [0.5, 0.6) is 5.75 Å². The predicted octanol–water partition coefficient (Wildman–Crippen LogP) is 0.202. The van der Waals surface area contributed by atoms with Gasteiger partial charge in [-0.1, -0.05) is 12.1 Å². The summed E-state index contributed by atoms with van der Waals surface area (Å²) in [5.41, 5.74) is 0.801. The van der Waals surface area contributed by atoms with Crippen LogP contribution in [0.3, 0.4) is 0 Å². The number of rotatable bonds is 3. The van der Waals surface area contributed by atoms with Crippen LogP contribution in [0.25, 0.3) is 0 Å². The summed E-state index contributed by atoms with van der Waals surface area (Å²) in [6.45, 7) is 0.241. The molecule has 0 bridgehead atoms. The Morgan fingerprint density at radius 3 is 2.41 bits per heavy atom. The van der Waals surface area contributed by atoms with Crippen molar-refractivity contribution in [3.05, 3.63) is 29.8 Å². The molecule has 0 spiro atoms. The van der Waals surface area contributed by atoms with E-state index in [2.05, 4.69) is 0 Å². The largest absolute Gasteiger partial charge is 0.497 e. The van der Waals surface area contributed by atoms with Crippen molar-refractivity contribution in [3.63, 3.8) is 0 Å². The van der Waals surface area contributed by atoms with Gasteiger partial charge in [0.2, 0.25) is 0 Å². The zero-order valence-electron chi connectivity index (χ0n) is 12.4. The van der Waals surface area contributed by atoms with Crippen LogP contribution in [0.1, 0.15) is 11.9 Å². The van der Waals surface area contributed by atoms with Crippen molar-refractivity contribution in [2.24, 2.45) is 0 Å². The highest BCUT2D eigenvalue weighted by Crippen LogP contribution is 2.34. The molecule has 1 aromatic carbocycles. The molecule has 6 atom stereocenters. The van der Waals surface area contributed by atoms with Crippen LogP contribution in [-0.2, 0) is 18.9 Å². The Labute approximate surface area is 128 Å². The average Bonchev–Trinajstić information content (AvgIpc) is 2.58. The van der Waals surface area contributed by atoms with Gasteiger partial charge in [-0.3, -0.25) is 0 Å². The molecule has 7 nitrogen and oxygen atoms in total. The predicted molar refractivity (Wildman–Crippen MR) is 74.2 cm³/mol. The smallest absolute Gasteiger partial charge is 0.186 e. The summed E-state index contributed by atoms with van der Waals surface area (Å²) in [5, 5.41) is 20.2. The van der Waals surface area contributed by atoms with Crippen molar-refractivity contribution in [2.45, 2.75) is 37.0 Å². The first-order valence-electron chi connectivity index (χ1n) is 7.09. The topological polar surface area (TPSA) is 86.6 Å². The van der Waals surface area contributed by atoms with Crippen LogP contribution in [-0.4, -0.2) is 61.7 Å². The van der Waals surface area contributed by atoms with Crippen LogP contribution in [0.15, 0.2) is 24.3 Å². The van der Waals surface area contributed by atoms with E-state index in [-0.39, 0.29) is 6.61 Å². The lowest BCUT2D eigenvalue weighted by Gasteiger charge is -2.45. The lowest BCUT2D eigenvalue weighted by Crippen LogP contribution is -2.62. The Bertz CT molecular complexity index is 489. The average molecular weight is 312 g/mol. The minimum absolute atomic E-state index is 0.241. The lowest BCUT2D eigenvalue weighted by atomic mass is 9.98. The van der Waals surface area contributed by atoms with E-state index < -0.39 is 37.0 Å². The standard InChI is InChI=1S/C15H20O7/c1-18-9-5-3-8(4-6-9)14-20-7-10-13(22-14)11(16)12(17)15(19-2)21-10/h3-6,10-17H,7H2,1-2H3. The molecule has 2 saturated heterocycles. The number of ether oxygens (including phenoxy) is 5. The van der Waals surface area contributed by atoms with Crippen molar-refractivity contribution in [1.82, 2.24) is 0 Å². The van der Waals surface area contributed by atoms with Crippen LogP contribution in [0.2, 0.25) is 0 Å². The first-order valence-corrected chi connectivity index (χ1v) is 7.09. The van der Waals surface area contributed by atoms with Gasteiger partial charge in [0.1, 0.15) is 30.2 Å². The molecule has 2 aliphatic rings. The van der Waals surface area contributed by atoms with Crippen LogP contribution >= 0.6 is 0 Å². The number of aliphatic hydroxyl groups is 2. The summed E-state index contributed by atoms with van der Waals surface area (Å²) >= 11 is 0. The number of aliphatic hydroxyl groups excluding tert-OH is 2. The van der Waals surface area contributed by atoms with E-state index in [0.717, 1.165) is 11.3 Å². The van der Waals surface area contributed by atoms with Gasteiger partial charge in [-0.25, -0.2) is 0 Å². The molecule has 0 radical (unpaired) electrons. The van der Waals surface area contributed by atoms with Crippen molar-refractivity contribution in [2.75, 3.05) is 20.8 Å². The number of hydrogen-bond donors (Lipinski definition) is 2. The third-order valence-electron chi connectivity index (χ3n) is 3.95. The van der Waals surface area contributed by atoms with Gasteiger partial charge < -0.3 is 33.9 Å².